The summed E-state index contributed by atoms with van der Waals surface area (Å²) >= 11 is 5.37. The zero-order chi connectivity index (χ0) is 25.5. The van der Waals surface area contributed by atoms with E-state index in [1.54, 1.807) is 0 Å². The summed E-state index contributed by atoms with van der Waals surface area (Å²) in [5.74, 6) is -0.779. The van der Waals surface area contributed by atoms with Crippen molar-refractivity contribution in [1.82, 2.24) is 15.1 Å². The Kier molecular flexibility index (Phi) is 5.26. The van der Waals surface area contributed by atoms with Gasteiger partial charge in [-0.05, 0) is 79.4 Å². The molecule has 4 amide bonds. The Bertz CT molecular complexity index is 1130. The normalized spacial score (nSPS) is 30.3. The highest BCUT2D eigenvalue weighted by atomic mass is 32.1. The lowest BCUT2D eigenvalue weighted by Crippen LogP contribution is -2.72. The molecule has 9 heteroatoms. The number of rotatable bonds is 2. The van der Waals surface area contributed by atoms with Gasteiger partial charge in [0.1, 0.15) is 0 Å². The van der Waals surface area contributed by atoms with Gasteiger partial charge in [-0.3, -0.25) is 19.4 Å². The smallest absolute Gasteiger partial charge is 0.332 e. The predicted molar refractivity (Wildman–Crippen MR) is 139 cm³/mol. The van der Waals surface area contributed by atoms with Crippen molar-refractivity contribution in [1.29, 1.82) is 0 Å². The summed E-state index contributed by atoms with van der Waals surface area (Å²) in [6, 6.07) is 5.46. The molecule has 3 aliphatic heterocycles. The number of barbiturate groups is 1. The van der Waals surface area contributed by atoms with Gasteiger partial charge in [-0.2, -0.15) is 0 Å². The van der Waals surface area contributed by atoms with Crippen LogP contribution in [0.3, 0.4) is 0 Å². The molecule has 0 aromatic heterocycles. The van der Waals surface area contributed by atoms with Crippen LogP contribution in [0.2, 0.25) is 0 Å². The van der Waals surface area contributed by atoms with Crippen LogP contribution in [-0.2, 0) is 16.0 Å². The van der Waals surface area contributed by atoms with Crippen LogP contribution >= 0.6 is 12.2 Å². The lowest BCUT2D eigenvalue weighted by Gasteiger charge is -2.54. The largest absolute Gasteiger partial charge is 0.363 e. The molecular formula is C26H35N5O3S. The third-order valence-electron chi connectivity index (χ3n) is 8.54. The molecule has 3 unspecified atom stereocenters. The first kappa shape index (κ1) is 24.0. The molecule has 2 bridgehead atoms. The number of thiocarbonyl (C=S) groups is 1. The van der Waals surface area contributed by atoms with Crippen LogP contribution in [-0.4, -0.2) is 65.5 Å². The monoisotopic (exact) mass is 497 g/mol. The molecule has 188 valence electrons. The Morgan fingerprint density at radius 1 is 1.09 bits per heavy atom. The second-order valence-corrected chi connectivity index (χ2v) is 12.3. The van der Waals surface area contributed by atoms with Crippen LogP contribution in [0.1, 0.15) is 52.5 Å². The Morgan fingerprint density at radius 2 is 1.74 bits per heavy atom. The fourth-order valence-electron chi connectivity index (χ4n) is 7.87. The van der Waals surface area contributed by atoms with E-state index in [0.717, 1.165) is 46.0 Å². The number of imide groups is 2. The lowest BCUT2D eigenvalue weighted by molar-refractivity contribution is -0.161. The van der Waals surface area contributed by atoms with E-state index in [1.807, 2.05) is 19.1 Å². The van der Waals surface area contributed by atoms with Gasteiger partial charge in [0.2, 0.25) is 11.8 Å². The van der Waals surface area contributed by atoms with Gasteiger partial charge in [0.15, 0.2) is 10.5 Å². The molecule has 2 N–H and O–H groups in total. The van der Waals surface area contributed by atoms with E-state index in [9.17, 15) is 14.4 Å². The minimum atomic E-state index is -1.35. The van der Waals surface area contributed by atoms with Gasteiger partial charge in [-0.15, -0.1) is 0 Å². The molecule has 1 saturated carbocycles. The molecule has 5 rings (SSSR count). The van der Waals surface area contributed by atoms with Crippen molar-refractivity contribution in [2.24, 2.45) is 16.2 Å². The highest BCUT2D eigenvalue weighted by molar-refractivity contribution is 7.80. The van der Waals surface area contributed by atoms with E-state index < -0.39 is 11.4 Å². The van der Waals surface area contributed by atoms with Crippen molar-refractivity contribution in [2.75, 3.05) is 30.9 Å². The average Bonchev–Trinajstić information content (AvgIpc) is 3.00. The Morgan fingerprint density at radius 3 is 2.37 bits per heavy atom. The van der Waals surface area contributed by atoms with Crippen LogP contribution in [0.25, 0.3) is 0 Å². The van der Waals surface area contributed by atoms with E-state index in [0.29, 0.717) is 11.7 Å². The van der Waals surface area contributed by atoms with Crippen molar-refractivity contribution in [2.45, 2.75) is 65.5 Å². The summed E-state index contributed by atoms with van der Waals surface area (Å²) in [4.78, 5) is 45.5. The van der Waals surface area contributed by atoms with Crippen LogP contribution in [0.5, 0.6) is 0 Å². The van der Waals surface area contributed by atoms with Gasteiger partial charge in [0.05, 0.1) is 6.04 Å². The standard InChI is InChI=1S/C26H35N5O3S/c1-7-27-22(35)28-16-8-9-18-15(10-16)11-26(20(32)29(5)23(34)30(6)21(26)33)19-25(4)13-17(31(18)19)12-24(2,3)14-25/h8-10,17,19H,7,11-14H2,1-6H3,(H2,27,28,35). The molecule has 3 fully saturated rings. The summed E-state index contributed by atoms with van der Waals surface area (Å²) < 4.78 is 0. The number of fused-ring (bicyclic) bond motifs is 8. The summed E-state index contributed by atoms with van der Waals surface area (Å²) in [5.41, 5.74) is 1.32. The number of nitrogens with zero attached hydrogens (tertiary/aromatic N) is 3. The van der Waals surface area contributed by atoms with Crippen LogP contribution in [0.4, 0.5) is 16.2 Å². The highest BCUT2D eigenvalue weighted by Crippen LogP contribution is 2.64. The SMILES string of the molecule is CCNC(=S)Nc1ccc2c(c1)CC1(C(=O)N(C)C(=O)N(C)C1=O)C1N2C2CC(C)(C)CC1(C)C2. The molecule has 0 radical (unpaired) electrons. The number of nitrogens with one attached hydrogen (secondary N) is 2. The Hall–Kier alpha value is -2.68. The van der Waals surface area contributed by atoms with Crippen molar-refractivity contribution in [3.05, 3.63) is 23.8 Å². The molecular weight excluding hydrogens is 462 g/mol. The van der Waals surface area contributed by atoms with E-state index in [-0.39, 0.29) is 41.1 Å². The first-order valence-corrected chi connectivity index (χ1v) is 12.8. The molecule has 1 aromatic carbocycles. The maximum Gasteiger partial charge on any atom is 0.332 e. The van der Waals surface area contributed by atoms with Crippen molar-refractivity contribution >= 4 is 46.6 Å². The first-order valence-electron chi connectivity index (χ1n) is 12.4. The Labute approximate surface area is 212 Å². The number of hydrogen-bond acceptors (Lipinski definition) is 5. The molecule has 8 nitrogen and oxygen atoms in total. The zero-order valence-corrected chi connectivity index (χ0v) is 22.2. The molecule has 1 aliphatic carbocycles. The van der Waals surface area contributed by atoms with E-state index in [1.165, 1.54) is 14.1 Å². The number of amides is 4. The van der Waals surface area contributed by atoms with Crippen LogP contribution in [0, 0.1) is 16.2 Å². The van der Waals surface area contributed by atoms with Gasteiger partial charge in [-0.1, -0.05) is 20.8 Å². The minimum absolute atomic E-state index is 0.0876. The summed E-state index contributed by atoms with van der Waals surface area (Å²) in [5, 5.41) is 6.83. The third-order valence-corrected chi connectivity index (χ3v) is 8.79. The molecule has 35 heavy (non-hydrogen) atoms. The van der Waals surface area contributed by atoms with Gasteiger partial charge in [-0.25, -0.2) is 4.79 Å². The highest BCUT2D eigenvalue weighted by Gasteiger charge is 2.71. The lowest BCUT2D eigenvalue weighted by atomic mass is 9.56. The van der Waals surface area contributed by atoms with Crippen molar-refractivity contribution < 1.29 is 14.4 Å². The maximum absolute atomic E-state index is 14.0. The first-order chi connectivity index (χ1) is 16.3. The zero-order valence-electron chi connectivity index (χ0n) is 21.4. The Balaban J connectivity index is 1.70. The number of anilines is 2. The third kappa shape index (κ3) is 3.30. The molecule has 4 aliphatic rings. The molecule has 1 spiro atoms. The second-order valence-electron chi connectivity index (χ2n) is 11.9. The van der Waals surface area contributed by atoms with E-state index >= 15 is 0 Å². The van der Waals surface area contributed by atoms with Crippen LogP contribution in [0.15, 0.2) is 18.2 Å². The molecule has 3 atom stereocenters. The number of carbonyl (C=O) groups is 3. The predicted octanol–water partition coefficient (Wildman–Crippen LogP) is 3.36. The number of benzene rings is 1. The van der Waals surface area contributed by atoms with Gasteiger partial charge in [0.25, 0.3) is 0 Å². The quantitative estimate of drug-likeness (QED) is 0.479. The number of urea groups is 1. The van der Waals surface area contributed by atoms with Crippen molar-refractivity contribution in [3.63, 3.8) is 0 Å². The average molecular weight is 498 g/mol. The number of hydrogen-bond donors (Lipinski definition) is 2. The molecule has 1 aromatic rings. The molecule has 3 heterocycles. The summed E-state index contributed by atoms with van der Waals surface area (Å²) in [6.45, 7) is 9.49. The van der Waals surface area contributed by atoms with Crippen molar-refractivity contribution in [3.8, 4) is 0 Å². The summed E-state index contributed by atoms with van der Waals surface area (Å²) in [7, 11) is 2.99. The fraction of sp³-hybridized carbons (Fsp3) is 0.615. The fourth-order valence-corrected chi connectivity index (χ4v) is 8.13. The summed E-state index contributed by atoms with van der Waals surface area (Å²) in [6.07, 6.45) is 3.10. The maximum atomic E-state index is 14.0. The van der Waals surface area contributed by atoms with Gasteiger partial charge < -0.3 is 15.5 Å². The van der Waals surface area contributed by atoms with E-state index in [2.05, 4.69) is 42.4 Å². The molecule has 2 saturated heterocycles. The van der Waals surface area contributed by atoms with Gasteiger partial charge in [0, 0.05) is 38.1 Å². The topological polar surface area (TPSA) is 85.0 Å². The van der Waals surface area contributed by atoms with Gasteiger partial charge >= 0.3 is 6.03 Å². The van der Waals surface area contributed by atoms with Crippen LogP contribution < -0.4 is 15.5 Å². The minimum Gasteiger partial charge on any atom is -0.363 e. The van der Waals surface area contributed by atoms with E-state index in [4.69, 9.17) is 12.2 Å². The second kappa shape index (κ2) is 7.66. The number of carbonyl (C=O) groups excluding carboxylic acids is 3.